The van der Waals surface area contributed by atoms with E-state index in [1.807, 2.05) is 7.05 Å². The van der Waals surface area contributed by atoms with Crippen molar-refractivity contribution in [1.82, 2.24) is 20.1 Å². The van der Waals surface area contributed by atoms with E-state index in [0.717, 1.165) is 18.7 Å². The summed E-state index contributed by atoms with van der Waals surface area (Å²) in [5, 5.41) is 10.4. The summed E-state index contributed by atoms with van der Waals surface area (Å²) in [4.78, 5) is 11.3. The second-order valence-electron chi connectivity index (χ2n) is 3.28. The molecular weight excluding hydrogens is 216 g/mol. The van der Waals surface area contributed by atoms with Crippen molar-refractivity contribution in [1.29, 1.82) is 0 Å². The van der Waals surface area contributed by atoms with Gasteiger partial charge in [0.15, 0.2) is 5.82 Å². The lowest BCUT2D eigenvalue weighted by Gasteiger charge is -2.03. The van der Waals surface area contributed by atoms with Gasteiger partial charge in [0.2, 0.25) is 5.91 Å². The lowest BCUT2D eigenvalue weighted by atomic mass is 10.2. The number of carbonyl (C=O) groups is 1. The average Bonchev–Trinajstić information content (AvgIpc) is 2.61. The molecule has 0 unspecified atom stereocenters. The van der Waals surface area contributed by atoms with Gasteiger partial charge in [0.25, 0.3) is 0 Å². The first-order valence-corrected chi connectivity index (χ1v) is 5.43. The third kappa shape index (κ3) is 4.29. The van der Waals surface area contributed by atoms with Crippen LogP contribution in [0.4, 0.5) is 0 Å². The molecule has 1 amide bonds. The maximum atomic E-state index is 11.3. The fourth-order valence-corrected chi connectivity index (χ4v) is 1.30. The minimum atomic E-state index is 0.0307. The molecule has 0 aliphatic rings. The number of aryl methyl sites for hydroxylation is 1. The Bertz CT molecular complexity index is 313. The van der Waals surface area contributed by atoms with Gasteiger partial charge in [0, 0.05) is 19.3 Å². The summed E-state index contributed by atoms with van der Waals surface area (Å²) in [6, 6.07) is 0. The van der Waals surface area contributed by atoms with Gasteiger partial charge in [-0.15, -0.1) is 21.8 Å². The van der Waals surface area contributed by atoms with Crippen LogP contribution >= 0.6 is 11.6 Å². The molecule has 1 aromatic rings. The molecule has 0 aliphatic carbocycles. The van der Waals surface area contributed by atoms with Gasteiger partial charge < -0.3 is 9.88 Å². The third-order valence-electron chi connectivity index (χ3n) is 2.04. The maximum Gasteiger partial charge on any atom is 0.220 e. The molecule has 1 N–H and O–H groups in total. The molecular formula is C9H15ClN4O. The Morgan fingerprint density at radius 3 is 3.00 bits per heavy atom. The molecule has 1 heterocycles. The van der Waals surface area contributed by atoms with E-state index in [-0.39, 0.29) is 5.91 Å². The molecule has 0 bridgehead atoms. The SMILES string of the molecule is Cn1cnnc1CNC(=O)CCCCCl. The van der Waals surface area contributed by atoms with Crippen molar-refractivity contribution in [2.24, 2.45) is 7.05 Å². The second-order valence-corrected chi connectivity index (χ2v) is 3.66. The topological polar surface area (TPSA) is 59.8 Å². The van der Waals surface area contributed by atoms with Gasteiger partial charge in [-0.2, -0.15) is 0 Å². The van der Waals surface area contributed by atoms with Gasteiger partial charge in [-0.25, -0.2) is 0 Å². The number of rotatable bonds is 6. The van der Waals surface area contributed by atoms with Gasteiger partial charge in [0.05, 0.1) is 6.54 Å². The van der Waals surface area contributed by atoms with Crippen molar-refractivity contribution in [2.75, 3.05) is 5.88 Å². The van der Waals surface area contributed by atoms with E-state index in [1.165, 1.54) is 0 Å². The van der Waals surface area contributed by atoms with Crippen LogP contribution in [0.3, 0.4) is 0 Å². The van der Waals surface area contributed by atoms with E-state index < -0.39 is 0 Å². The van der Waals surface area contributed by atoms with Crippen molar-refractivity contribution >= 4 is 17.5 Å². The van der Waals surface area contributed by atoms with Crippen LogP contribution in [-0.4, -0.2) is 26.6 Å². The van der Waals surface area contributed by atoms with Gasteiger partial charge in [-0.1, -0.05) is 0 Å². The summed E-state index contributed by atoms with van der Waals surface area (Å²) in [7, 11) is 1.84. The zero-order chi connectivity index (χ0) is 11.1. The highest BCUT2D eigenvalue weighted by atomic mass is 35.5. The average molecular weight is 231 g/mol. The van der Waals surface area contributed by atoms with Gasteiger partial charge in [0.1, 0.15) is 6.33 Å². The summed E-state index contributed by atoms with van der Waals surface area (Å²) in [5.41, 5.74) is 0. The first-order chi connectivity index (χ1) is 7.24. The highest BCUT2D eigenvalue weighted by molar-refractivity contribution is 6.17. The minimum absolute atomic E-state index is 0.0307. The monoisotopic (exact) mass is 230 g/mol. The van der Waals surface area contributed by atoms with Crippen molar-refractivity contribution < 1.29 is 4.79 Å². The summed E-state index contributed by atoms with van der Waals surface area (Å²) in [6.45, 7) is 0.427. The van der Waals surface area contributed by atoms with Gasteiger partial charge >= 0.3 is 0 Å². The summed E-state index contributed by atoms with van der Waals surface area (Å²) in [5.74, 6) is 1.39. The molecule has 0 aromatic carbocycles. The molecule has 1 rings (SSSR count). The van der Waals surface area contributed by atoms with E-state index >= 15 is 0 Å². The molecule has 0 spiro atoms. The van der Waals surface area contributed by atoms with E-state index in [4.69, 9.17) is 11.6 Å². The number of hydrogen-bond acceptors (Lipinski definition) is 3. The molecule has 0 saturated heterocycles. The fourth-order valence-electron chi connectivity index (χ4n) is 1.11. The first-order valence-electron chi connectivity index (χ1n) is 4.89. The maximum absolute atomic E-state index is 11.3. The van der Waals surface area contributed by atoms with Crippen LogP contribution in [0.25, 0.3) is 0 Å². The Hall–Kier alpha value is -1.10. The Morgan fingerprint density at radius 1 is 1.60 bits per heavy atom. The molecule has 0 aliphatic heterocycles. The number of alkyl halides is 1. The number of hydrogen-bond donors (Lipinski definition) is 1. The number of halogens is 1. The quantitative estimate of drug-likeness (QED) is 0.582. The predicted octanol–water partition coefficient (Wildman–Crippen LogP) is 0.840. The molecule has 84 valence electrons. The summed E-state index contributed by atoms with van der Waals surface area (Å²) < 4.78 is 1.78. The molecule has 15 heavy (non-hydrogen) atoms. The van der Waals surface area contributed by atoms with Crippen molar-refractivity contribution in [3.05, 3.63) is 12.2 Å². The second kappa shape index (κ2) is 6.40. The number of unbranched alkanes of at least 4 members (excludes halogenated alkanes) is 1. The first kappa shape index (κ1) is 12.0. The zero-order valence-corrected chi connectivity index (χ0v) is 9.50. The van der Waals surface area contributed by atoms with E-state index in [0.29, 0.717) is 18.8 Å². The van der Waals surface area contributed by atoms with Crippen LogP contribution in [0.1, 0.15) is 25.1 Å². The van der Waals surface area contributed by atoms with Gasteiger partial charge in [-0.05, 0) is 12.8 Å². The molecule has 0 saturated carbocycles. The summed E-state index contributed by atoms with van der Waals surface area (Å²) >= 11 is 5.51. The smallest absolute Gasteiger partial charge is 0.220 e. The van der Waals surface area contributed by atoms with E-state index in [2.05, 4.69) is 15.5 Å². The molecule has 6 heteroatoms. The zero-order valence-electron chi connectivity index (χ0n) is 8.74. The van der Waals surface area contributed by atoms with Crippen LogP contribution in [0, 0.1) is 0 Å². The largest absolute Gasteiger partial charge is 0.349 e. The van der Waals surface area contributed by atoms with Crippen LogP contribution in [0.2, 0.25) is 0 Å². The Kier molecular flexibility index (Phi) is 5.10. The number of nitrogens with one attached hydrogen (secondary N) is 1. The van der Waals surface area contributed by atoms with Crippen molar-refractivity contribution in [3.63, 3.8) is 0 Å². The third-order valence-corrected chi connectivity index (χ3v) is 2.30. The molecule has 0 atom stereocenters. The highest BCUT2D eigenvalue weighted by Crippen LogP contribution is 1.97. The van der Waals surface area contributed by atoms with Crippen molar-refractivity contribution in [2.45, 2.75) is 25.8 Å². The number of aromatic nitrogens is 3. The molecule has 5 nitrogen and oxygen atoms in total. The van der Waals surface area contributed by atoms with Gasteiger partial charge in [-0.3, -0.25) is 4.79 Å². The summed E-state index contributed by atoms with van der Waals surface area (Å²) in [6.07, 6.45) is 3.83. The molecule has 0 radical (unpaired) electrons. The van der Waals surface area contributed by atoms with E-state index in [9.17, 15) is 4.79 Å². The number of nitrogens with zero attached hydrogens (tertiary/aromatic N) is 3. The standard InChI is InChI=1S/C9H15ClN4O/c1-14-7-12-13-8(14)6-11-9(15)4-2-3-5-10/h7H,2-6H2,1H3,(H,11,15). The van der Waals surface area contributed by atoms with Crippen LogP contribution in [-0.2, 0) is 18.4 Å². The Morgan fingerprint density at radius 2 is 2.40 bits per heavy atom. The minimum Gasteiger partial charge on any atom is -0.349 e. The molecule has 1 aromatic heterocycles. The van der Waals surface area contributed by atoms with Crippen LogP contribution in [0.15, 0.2) is 6.33 Å². The van der Waals surface area contributed by atoms with Crippen LogP contribution < -0.4 is 5.32 Å². The fraction of sp³-hybridized carbons (Fsp3) is 0.667. The lowest BCUT2D eigenvalue weighted by molar-refractivity contribution is -0.121. The normalized spacial score (nSPS) is 10.3. The molecule has 0 fully saturated rings. The Labute approximate surface area is 93.8 Å². The number of carbonyl (C=O) groups excluding carboxylic acids is 1. The highest BCUT2D eigenvalue weighted by Gasteiger charge is 2.03. The Balaban J connectivity index is 2.20. The lowest BCUT2D eigenvalue weighted by Crippen LogP contribution is -2.24. The number of amides is 1. The van der Waals surface area contributed by atoms with Crippen molar-refractivity contribution in [3.8, 4) is 0 Å². The van der Waals surface area contributed by atoms with Crippen LogP contribution in [0.5, 0.6) is 0 Å². The predicted molar refractivity (Wildman–Crippen MR) is 57.4 cm³/mol. The van der Waals surface area contributed by atoms with E-state index in [1.54, 1.807) is 10.9 Å².